The normalized spacial score (nSPS) is 13.1. The molecule has 0 fully saturated rings. The monoisotopic (exact) mass is 374 g/mol. The Bertz CT molecular complexity index is 545. The quantitative estimate of drug-likeness (QED) is 0.427. The van der Waals surface area contributed by atoms with Crippen LogP contribution >= 0.6 is 15.9 Å². The molecule has 0 spiro atoms. The van der Waals surface area contributed by atoms with E-state index in [1.54, 1.807) is 12.1 Å². The van der Waals surface area contributed by atoms with Crippen LogP contribution in [0.15, 0.2) is 18.2 Å². The average molecular weight is 375 g/mol. The van der Waals surface area contributed by atoms with E-state index in [9.17, 15) is 14.7 Å². The third-order valence-electron chi connectivity index (χ3n) is 3.46. The number of alkyl halides is 1. The Balaban J connectivity index is 3.49. The second-order valence-electron chi connectivity index (χ2n) is 4.56. The van der Waals surface area contributed by atoms with Crippen molar-refractivity contribution in [3.63, 3.8) is 0 Å². The van der Waals surface area contributed by atoms with Gasteiger partial charge in [0.15, 0.2) is 16.9 Å². The van der Waals surface area contributed by atoms with Gasteiger partial charge < -0.3 is 19.3 Å². The molecule has 0 aliphatic rings. The van der Waals surface area contributed by atoms with Crippen molar-refractivity contribution in [3.8, 4) is 11.5 Å². The Kier molecular flexibility index (Phi) is 6.67. The number of halogens is 1. The minimum absolute atomic E-state index is 0.107. The van der Waals surface area contributed by atoms with Crippen molar-refractivity contribution in [3.05, 3.63) is 23.8 Å². The summed E-state index contributed by atoms with van der Waals surface area (Å²) in [5.41, 5.74) is -1.48. The predicted octanol–water partition coefficient (Wildman–Crippen LogP) is 2.37. The molecular formula is C15H19BrO6. The zero-order valence-electron chi connectivity index (χ0n) is 12.7. The maximum absolute atomic E-state index is 12.2. The average Bonchev–Trinajstić information content (AvgIpc) is 2.54. The molecule has 1 atom stereocenters. The Labute approximate surface area is 137 Å². The Morgan fingerprint density at radius 2 is 1.82 bits per heavy atom. The summed E-state index contributed by atoms with van der Waals surface area (Å²) < 4.78 is 15.1. The van der Waals surface area contributed by atoms with E-state index in [1.165, 1.54) is 27.4 Å². The lowest BCUT2D eigenvalue weighted by Gasteiger charge is -2.27. The van der Waals surface area contributed by atoms with E-state index >= 15 is 0 Å². The molecule has 6 nitrogen and oxygen atoms in total. The SMILES string of the molecule is COC(=O)C(CCCBr)(C(=O)O)c1ccc(OC)c(OC)c1. The number of carbonyl (C=O) groups excluding carboxylic acids is 1. The molecule has 1 aromatic rings. The summed E-state index contributed by atoms with van der Waals surface area (Å²) in [6.45, 7) is 0. The summed E-state index contributed by atoms with van der Waals surface area (Å²) in [5, 5.41) is 10.3. The summed E-state index contributed by atoms with van der Waals surface area (Å²) in [6.07, 6.45) is 0.603. The largest absolute Gasteiger partial charge is 0.493 e. The fraction of sp³-hybridized carbons (Fsp3) is 0.467. The van der Waals surface area contributed by atoms with Crippen LogP contribution < -0.4 is 9.47 Å². The topological polar surface area (TPSA) is 82.1 Å². The number of carboxylic acid groups (broad SMARTS) is 1. The molecule has 122 valence electrons. The van der Waals surface area contributed by atoms with Gasteiger partial charge in [-0.2, -0.15) is 0 Å². The van der Waals surface area contributed by atoms with Crippen LogP contribution in [0.3, 0.4) is 0 Å². The lowest BCUT2D eigenvalue weighted by Crippen LogP contribution is -2.44. The summed E-state index contributed by atoms with van der Waals surface area (Å²) in [4.78, 5) is 24.1. The van der Waals surface area contributed by atoms with Gasteiger partial charge in [-0.15, -0.1) is 0 Å². The Hall–Kier alpha value is -1.76. The molecule has 7 heteroatoms. The van der Waals surface area contributed by atoms with Crippen LogP contribution in [0.25, 0.3) is 0 Å². The zero-order chi connectivity index (χ0) is 16.8. The number of esters is 1. The molecule has 0 aliphatic heterocycles. The molecule has 0 aromatic heterocycles. The van der Waals surface area contributed by atoms with Crippen LogP contribution in [0.4, 0.5) is 0 Å². The Morgan fingerprint density at radius 3 is 2.27 bits per heavy atom. The zero-order valence-corrected chi connectivity index (χ0v) is 14.3. The third-order valence-corrected chi connectivity index (χ3v) is 4.02. The maximum atomic E-state index is 12.2. The highest BCUT2D eigenvalue weighted by Crippen LogP contribution is 2.37. The standard InChI is InChI=1S/C15H19BrO6/c1-20-11-6-5-10(9-12(11)21-2)15(13(17)18,7-4-8-16)14(19)22-3/h5-6,9H,4,7-8H2,1-3H3,(H,17,18). The summed E-state index contributed by atoms with van der Waals surface area (Å²) >= 11 is 3.26. The number of ether oxygens (including phenoxy) is 3. The summed E-state index contributed by atoms with van der Waals surface area (Å²) in [6, 6.07) is 4.61. The van der Waals surface area contributed by atoms with Gasteiger partial charge in [0.05, 0.1) is 21.3 Å². The molecule has 0 radical (unpaired) electrons. The van der Waals surface area contributed by atoms with Crippen LogP contribution in [0.5, 0.6) is 11.5 Å². The number of carbonyl (C=O) groups is 2. The van der Waals surface area contributed by atoms with Crippen LogP contribution in [-0.4, -0.2) is 43.7 Å². The van der Waals surface area contributed by atoms with Gasteiger partial charge in [0.2, 0.25) is 0 Å². The molecule has 0 heterocycles. The van der Waals surface area contributed by atoms with Crippen molar-refractivity contribution >= 4 is 27.9 Å². The van der Waals surface area contributed by atoms with Gasteiger partial charge in [-0.3, -0.25) is 9.59 Å². The van der Waals surface area contributed by atoms with Gasteiger partial charge >= 0.3 is 11.9 Å². The van der Waals surface area contributed by atoms with Crippen LogP contribution in [0.2, 0.25) is 0 Å². The van der Waals surface area contributed by atoms with Crippen LogP contribution in [0, 0.1) is 0 Å². The van der Waals surface area contributed by atoms with Crippen LogP contribution in [-0.2, 0) is 19.7 Å². The first kappa shape index (κ1) is 18.3. The summed E-state index contributed by atoms with van der Waals surface area (Å²) in [5.74, 6) is -1.26. The first-order valence-corrected chi connectivity index (χ1v) is 7.70. The van der Waals surface area contributed by atoms with Gasteiger partial charge in [0.1, 0.15) is 0 Å². The van der Waals surface area contributed by atoms with E-state index in [2.05, 4.69) is 15.9 Å². The molecule has 22 heavy (non-hydrogen) atoms. The molecule has 0 amide bonds. The van der Waals surface area contributed by atoms with E-state index in [4.69, 9.17) is 14.2 Å². The first-order valence-electron chi connectivity index (χ1n) is 6.58. The van der Waals surface area contributed by atoms with E-state index in [1.807, 2.05) is 0 Å². The number of aliphatic carboxylic acids is 1. The van der Waals surface area contributed by atoms with Crippen molar-refractivity contribution in [2.45, 2.75) is 18.3 Å². The highest BCUT2D eigenvalue weighted by atomic mass is 79.9. The predicted molar refractivity (Wildman–Crippen MR) is 83.9 cm³/mol. The van der Waals surface area contributed by atoms with Crippen molar-refractivity contribution in [2.75, 3.05) is 26.7 Å². The molecule has 0 saturated carbocycles. The minimum atomic E-state index is -1.78. The van der Waals surface area contributed by atoms with Crippen LogP contribution in [0.1, 0.15) is 18.4 Å². The van der Waals surface area contributed by atoms with E-state index in [0.717, 1.165) is 0 Å². The van der Waals surface area contributed by atoms with Gasteiger partial charge in [-0.05, 0) is 30.5 Å². The second-order valence-corrected chi connectivity index (χ2v) is 5.36. The van der Waals surface area contributed by atoms with E-state index in [0.29, 0.717) is 28.8 Å². The van der Waals surface area contributed by atoms with Crippen molar-refractivity contribution in [1.29, 1.82) is 0 Å². The fourth-order valence-corrected chi connectivity index (χ4v) is 2.57. The maximum Gasteiger partial charge on any atom is 0.327 e. The van der Waals surface area contributed by atoms with Gasteiger partial charge in [0, 0.05) is 5.33 Å². The fourth-order valence-electron chi connectivity index (χ4n) is 2.29. The highest BCUT2D eigenvalue weighted by Gasteiger charge is 2.49. The molecule has 1 aromatic carbocycles. The van der Waals surface area contributed by atoms with Crippen molar-refractivity contribution < 1.29 is 28.9 Å². The van der Waals surface area contributed by atoms with E-state index in [-0.39, 0.29) is 6.42 Å². The number of hydrogen-bond acceptors (Lipinski definition) is 5. The van der Waals surface area contributed by atoms with E-state index < -0.39 is 17.4 Å². The number of rotatable bonds is 8. The second kappa shape index (κ2) is 8.03. The molecule has 1 N–H and O–H groups in total. The molecule has 1 rings (SSSR count). The van der Waals surface area contributed by atoms with Gasteiger partial charge in [-0.25, -0.2) is 0 Å². The number of benzene rings is 1. The molecule has 0 aliphatic carbocycles. The summed E-state index contributed by atoms with van der Waals surface area (Å²) in [7, 11) is 4.10. The first-order chi connectivity index (χ1) is 10.5. The number of hydrogen-bond donors (Lipinski definition) is 1. The molecule has 0 saturated heterocycles. The van der Waals surface area contributed by atoms with Crippen molar-refractivity contribution in [2.24, 2.45) is 0 Å². The number of methoxy groups -OCH3 is 3. The lowest BCUT2D eigenvalue weighted by molar-refractivity contribution is -0.160. The number of carboxylic acids is 1. The van der Waals surface area contributed by atoms with Gasteiger partial charge in [0.25, 0.3) is 0 Å². The third kappa shape index (κ3) is 3.35. The Morgan fingerprint density at radius 1 is 1.18 bits per heavy atom. The van der Waals surface area contributed by atoms with Gasteiger partial charge in [-0.1, -0.05) is 22.0 Å². The molecule has 0 bridgehead atoms. The highest BCUT2D eigenvalue weighted by molar-refractivity contribution is 9.09. The van der Waals surface area contributed by atoms with Crippen molar-refractivity contribution in [1.82, 2.24) is 0 Å². The lowest BCUT2D eigenvalue weighted by atomic mass is 9.76. The molecular weight excluding hydrogens is 356 g/mol. The molecule has 1 unspecified atom stereocenters. The minimum Gasteiger partial charge on any atom is -0.493 e. The smallest absolute Gasteiger partial charge is 0.327 e.